The zero-order valence-corrected chi connectivity index (χ0v) is 13.9. The number of amides is 2. The second kappa shape index (κ2) is 7.59. The highest BCUT2D eigenvalue weighted by Crippen LogP contribution is 2.34. The SMILES string of the molecule is CCCNC(=O)N(N=Cc1ccccc1)C1C=CC2(C1)OCCO2. The largest absolute Gasteiger partial charge is 0.344 e. The van der Waals surface area contributed by atoms with E-state index < -0.39 is 5.79 Å². The van der Waals surface area contributed by atoms with Crippen molar-refractivity contribution >= 4 is 12.2 Å². The Morgan fingerprint density at radius 1 is 1.38 bits per heavy atom. The fourth-order valence-electron chi connectivity index (χ4n) is 2.81. The molecule has 1 atom stereocenters. The minimum Gasteiger partial charge on any atom is -0.344 e. The molecule has 0 bridgehead atoms. The Morgan fingerprint density at radius 2 is 2.12 bits per heavy atom. The van der Waals surface area contributed by atoms with E-state index in [1.165, 1.54) is 5.01 Å². The standard InChI is InChI=1S/C18H23N3O3/c1-2-10-19-17(22)21(20-14-15-6-4-3-5-7-15)16-8-9-18(13-16)23-11-12-24-18/h3-9,14,16H,2,10-13H2,1H3,(H,19,22). The lowest BCUT2D eigenvalue weighted by Crippen LogP contribution is -2.43. The number of hydrazone groups is 1. The van der Waals surface area contributed by atoms with E-state index in [1.54, 1.807) is 6.21 Å². The number of nitrogens with one attached hydrogen (secondary N) is 1. The van der Waals surface area contributed by atoms with E-state index in [2.05, 4.69) is 10.4 Å². The van der Waals surface area contributed by atoms with Gasteiger partial charge in [-0.05, 0) is 18.1 Å². The molecule has 1 heterocycles. The number of hydrogen-bond acceptors (Lipinski definition) is 4. The zero-order valence-electron chi connectivity index (χ0n) is 13.9. The first-order valence-electron chi connectivity index (χ1n) is 8.36. The number of urea groups is 1. The summed E-state index contributed by atoms with van der Waals surface area (Å²) >= 11 is 0. The van der Waals surface area contributed by atoms with Crippen LogP contribution in [0.3, 0.4) is 0 Å². The minimum atomic E-state index is -0.698. The molecular weight excluding hydrogens is 306 g/mol. The molecule has 0 aromatic heterocycles. The van der Waals surface area contributed by atoms with Crippen molar-refractivity contribution in [3.8, 4) is 0 Å². The molecule has 1 aliphatic heterocycles. The smallest absolute Gasteiger partial charge is 0.338 e. The van der Waals surface area contributed by atoms with Crippen LogP contribution in [0.5, 0.6) is 0 Å². The van der Waals surface area contributed by atoms with Crippen LogP contribution in [0.1, 0.15) is 25.3 Å². The van der Waals surface area contributed by atoms with Gasteiger partial charge in [-0.1, -0.05) is 43.3 Å². The summed E-state index contributed by atoms with van der Waals surface area (Å²) < 4.78 is 11.4. The van der Waals surface area contributed by atoms with Gasteiger partial charge in [0.15, 0.2) is 5.79 Å². The average Bonchev–Trinajstić information content (AvgIpc) is 3.24. The maximum absolute atomic E-state index is 12.5. The molecule has 1 aromatic rings. The molecule has 0 saturated carbocycles. The van der Waals surface area contributed by atoms with E-state index in [0.29, 0.717) is 26.2 Å². The number of ether oxygens (including phenoxy) is 2. The van der Waals surface area contributed by atoms with Crippen LogP contribution in [-0.2, 0) is 9.47 Å². The molecule has 1 spiro atoms. The van der Waals surface area contributed by atoms with E-state index in [9.17, 15) is 4.79 Å². The lowest BCUT2D eigenvalue weighted by molar-refractivity contribution is -0.120. The summed E-state index contributed by atoms with van der Waals surface area (Å²) in [4.78, 5) is 12.5. The lowest BCUT2D eigenvalue weighted by atomic mass is 10.2. The molecule has 6 heteroatoms. The van der Waals surface area contributed by atoms with Crippen LogP contribution in [-0.4, -0.2) is 48.8 Å². The van der Waals surface area contributed by atoms with Gasteiger partial charge in [0.05, 0.1) is 25.5 Å². The number of nitrogens with zero attached hydrogens (tertiary/aromatic N) is 2. The van der Waals surface area contributed by atoms with E-state index in [0.717, 1.165) is 12.0 Å². The molecule has 1 aliphatic carbocycles. The predicted octanol–water partition coefficient (Wildman–Crippen LogP) is 2.51. The normalized spacial score (nSPS) is 21.6. The van der Waals surface area contributed by atoms with Crippen molar-refractivity contribution in [3.05, 3.63) is 48.0 Å². The lowest BCUT2D eigenvalue weighted by Gasteiger charge is -2.26. The summed E-state index contributed by atoms with van der Waals surface area (Å²) in [6.07, 6.45) is 6.94. The third-order valence-electron chi connectivity index (χ3n) is 4.02. The fraction of sp³-hybridized carbons (Fsp3) is 0.444. The number of benzene rings is 1. The molecule has 128 valence electrons. The maximum Gasteiger partial charge on any atom is 0.338 e. The molecule has 6 nitrogen and oxygen atoms in total. The maximum atomic E-state index is 12.5. The van der Waals surface area contributed by atoms with Gasteiger partial charge < -0.3 is 14.8 Å². The van der Waals surface area contributed by atoms with Gasteiger partial charge in [0.1, 0.15) is 0 Å². The summed E-state index contributed by atoms with van der Waals surface area (Å²) in [6, 6.07) is 9.30. The van der Waals surface area contributed by atoms with Crippen LogP contribution in [0.25, 0.3) is 0 Å². The van der Waals surface area contributed by atoms with Crippen LogP contribution < -0.4 is 5.32 Å². The molecule has 24 heavy (non-hydrogen) atoms. The molecule has 2 amide bonds. The van der Waals surface area contributed by atoms with Gasteiger partial charge in [-0.25, -0.2) is 9.80 Å². The van der Waals surface area contributed by atoms with Gasteiger partial charge in [-0.2, -0.15) is 5.10 Å². The van der Waals surface area contributed by atoms with Crippen molar-refractivity contribution in [1.82, 2.24) is 10.3 Å². The Labute approximate surface area is 142 Å². The van der Waals surface area contributed by atoms with E-state index in [1.807, 2.05) is 49.4 Å². The number of hydrogen-bond donors (Lipinski definition) is 1. The molecule has 0 radical (unpaired) electrons. The van der Waals surface area contributed by atoms with Gasteiger partial charge in [-0.15, -0.1) is 0 Å². The minimum absolute atomic E-state index is 0.195. The van der Waals surface area contributed by atoms with Crippen LogP contribution in [0.4, 0.5) is 4.79 Å². The fourth-order valence-corrected chi connectivity index (χ4v) is 2.81. The first-order valence-corrected chi connectivity index (χ1v) is 8.36. The highest BCUT2D eigenvalue weighted by Gasteiger charge is 2.43. The molecule has 1 unspecified atom stereocenters. The van der Waals surface area contributed by atoms with Crippen molar-refractivity contribution in [2.75, 3.05) is 19.8 Å². The van der Waals surface area contributed by atoms with Gasteiger partial charge >= 0.3 is 6.03 Å². The molecular formula is C18H23N3O3. The quantitative estimate of drug-likeness (QED) is 0.513. The Balaban J connectivity index is 1.74. The van der Waals surface area contributed by atoms with E-state index in [4.69, 9.17) is 9.47 Å². The molecule has 1 fully saturated rings. The first-order chi connectivity index (χ1) is 11.7. The molecule has 3 rings (SSSR count). The molecule has 1 N–H and O–H groups in total. The predicted molar refractivity (Wildman–Crippen MR) is 91.7 cm³/mol. The summed E-state index contributed by atoms with van der Waals surface area (Å²) in [5, 5.41) is 8.77. The van der Waals surface area contributed by atoms with E-state index >= 15 is 0 Å². The summed E-state index contributed by atoms with van der Waals surface area (Å²) in [6.45, 7) is 3.78. The van der Waals surface area contributed by atoms with Crippen molar-refractivity contribution in [2.24, 2.45) is 5.10 Å². The molecule has 2 aliphatic rings. The topological polar surface area (TPSA) is 63.2 Å². The van der Waals surface area contributed by atoms with Crippen molar-refractivity contribution < 1.29 is 14.3 Å². The van der Waals surface area contributed by atoms with E-state index in [-0.39, 0.29) is 12.1 Å². The Hall–Kier alpha value is -2.18. The summed E-state index contributed by atoms with van der Waals surface area (Å²) in [5.41, 5.74) is 0.941. The Kier molecular flexibility index (Phi) is 5.27. The molecule has 1 saturated heterocycles. The number of carbonyl (C=O) groups is 1. The third-order valence-corrected chi connectivity index (χ3v) is 4.02. The van der Waals surface area contributed by atoms with Crippen molar-refractivity contribution in [2.45, 2.75) is 31.6 Å². The van der Waals surface area contributed by atoms with Gasteiger partial charge in [0.2, 0.25) is 0 Å². The second-order valence-corrected chi connectivity index (χ2v) is 5.87. The highest BCUT2D eigenvalue weighted by atomic mass is 16.7. The van der Waals surface area contributed by atoms with Crippen molar-refractivity contribution in [1.29, 1.82) is 0 Å². The van der Waals surface area contributed by atoms with Crippen LogP contribution >= 0.6 is 0 Å². The Bertz CT molecular complexity index is 609. The van der Waals surface area contributed by atoms with Crippen LogP contribution in [0, 0.1) is 0 Å². The van der Waals surface area contributed by atoms with Gasteiger partial charge in [-0.3, -0.25) is 0 Å². The van der Waals surface area contributed by atoms with Crippen LogP contribution in [0.15, 0.2) is 47.6 Å². The number of carbonyl (C=O) groups excluding carboxylic acids is 1. The second-order valence-electron chi connectivity index (χ2n) is 5.87. The highest BCUT2D eigenvalue weighted by molar-refractivity contribution is 5.82. The van der Waals surface area contributed by atoms with Crippen LogP contribution in [0.2, 0.25) is 0 Å². The number of rotatable bonds is 5. The summed E-state index contributed by atoms with van der Waals surface area (Å²) in [5.74, 6) is -0.698. The van der Waals surface area contributed by atoms with Crippen molar-refractivity contribution in [3.63, 3.8) is 0 Å². The molecule has 1 aromatic carbocycles. The first kappa shape index (κ1) is 16.7. The zero-order chi connectivity index (χ0) is 16.8. The Morgan fingerprint density at radius 3 is 2.83 bits per heavy atom. The summed E-state index contributed by atoms with van der Waals surface area (Å²) in [7, 11) is 0. The monoisotopic (exact) mass is 329 g/mol. The van der Waals surface area contributed by atoms with Gasteiger partial charge in [0.25, 0.3) is 0 Å². The third kappa shape index (κ3) is 3.83. The van der Waals surface area contributed by atoms with Gasteiger partial charge in [0, 0.05) is 13.0 Å². The average molecular weight is 329 g/mol.